The SMILES string of the molecule is CCOc1cccc(N2Cc3ccc(F)cc3C2=N)c1. The van der Waals surface area contributed by atoms with Crippen LogP contribution in [0.15, 0.2) is 42.5 Å². The van der Waals surface area contributed by atoms with Gasteiger partial charge < -0.3 is 9.64 Å². The molecule has 0 spiro atoms. The van der Waals surface area contributed by atoms with Crippen LogP contribution < -0.4 is 9.64 Å². The molecule has 2 aromatic rings. The predicted octanol–water partition coefficient (Wildman–Crippen LogP) is 3.57. The van der Waals surface area contributed by atoms with Crippen molar-refractivity contribution in [2.75, 3.05) is 11.5 Å². The molecule has 102 valence electrons. The molecule has 0 bridgehead atoms. The number of ether oxygens (including phenoxy) is 1. The molecule has 20 heavy (non-hydrogen) atoms. The van der Waals surface area contributed by atoms with Crippen LogP contribution in [0.25, 0.3) is 0 Å². The van der Waals surface area contributed by atoms with Crippen LogP contribution in [-0.2, 0) is 6.54 Å². The molecule has 1 N–H and O–H groups in total. The number of nitrogens with zero attached hydrogens (tertiary/aromatic N) is 1. The maximum Gasteiger partial charge on any atom is 0.133 e. The van der Waals surface area contributed by atoms with Crippen molar-refractivity contribution in [3.05, 3.63) is 59.4 Å². The highest BCUT2D eigenvalue weighted by molar-refractivity contribution is 6.11. The summed E-state index contributed by atoms with van der Waals surface area (Å²) in [7, 11) is 0. The first kappa shape index (κ1) is 12.7. The summed E-state index contributed by atoms with van der Waals surface area (Å²) in [4.78, 5) is 1.85. The lowest BCUT2D eigenvalue weighted by molar-refractivity contribution is 0.340. The van der Waals surface area contributed by atoms with E-state index < -0.39 is 0 Å². The van der Waals surface area contributed by atoms with E-state index in [4.69, 9.17) is 10.1 Å². The minimum Gasteiger partial charge on any atom is -0.494 e. The summed E-state index contributed by atoms with van der Waals surface area (Å²) >= 11 is 0. The lowest BCUT2D eigenvalue weighted by Crippen LogP contribution is -2.23. The van der Waals surface area contributed by atoms with Crippen molar-refractivity contribution in [3.8, 4) is 5.75 Å². The molecule has 3 nitrogen and oxygen atoms in total. The molecule has 0 saturated carbocycles. The highest BCUT2D eigenvalue weighted by Crippen LogP contribution is 2.30. The van der Waals surface area contributed by atoms with Crippen LogP contribution in [0.2, 0.25) is 0 Å². The number of fused-ring (bicyclic) bond motifs is 1. The Morgan fingerprint density at radius 1 is 1.25 bits per heavy atom. The molecule has 1 aliphatic heterocycles. The average Bonchev–Trinajstić information content (AvgIpc) is 2.77. The van der Waals surface area contributed by atoms with E-state index in [-0.39, 0.29) is 5.82 Å². The van der Waals surface area contributed by atoms with Gasteiger partial charge in [-0.2, -0.15) is 0 Å². The zero-order valence-corrected chi connectivity index (χ0v) is 11.2. The predicted molar refractivity (Wildman–Crippen MR) is 77.0 cm³/mol. The molecule has 0 radical (unpaired) electrons. The molecule has 2 aromatic carbocycles. The number of anilines is 1. The first-order chi connectivity index (χ1) is 9.69. The van der Waals surface area contributed by atoms with Crippen LogP contribution in [-0.4, -0.2) is 12.4 Å². The second-order valence-corrected chi connectivity index (χ2v) is 4.67. The van der Waals surface area contributed by atoms with Gasteiger partial charge in [-0.3, -0.25) is 5.41 Å². The first-order valence-corrected chi connectivity index (χ1v) is 6.57. The van der Waals surface area contributed by atoms with Crippen molar-refractivity contribution < 1.29 is 9.13 Å². The standard InChI is InChI=1S/C16H15FN2O/c1-2-20-14-5-3-4-13(9-14)19-10-11-6-7-12(17)8-15(11)16(19)18/h3-9,18H,2,10H2,1H3. The fourth-order valence-corrected chi connectivity index (χ4v) is 2.43. The Morgan fingerprint density at radius 2 is 2.10 bits per heavy atom. The Hall–Kier alpha value is -2.36. The number of hydrogen-bond donors (Lipinski definition) is 1. The number of nitrogens with one attached hydrogen (secondary N) is 1. The molecule has 0 atom stereocenters. The van der Waals surface area contributed by atoms with Crippen LogP contribution in [0.1, 0.15) is 18.1 Å². The van der Waals surface area contributed by atoms with E-state index in [1.165, 1.54) is 12.1 Å². The summed E-state index contributed by atoms with van der Waals surface area (Å²) in [5.41, 5.74) is 2.52. The van der Waals surface area contributed by atoms with Crippen molar-refractivity contribution in [2.24, 2.45) is 0 Å². The summed E-state index contributed by atoms with van der Waals surface area (Å²) in [6, 6.07) is 12.2. The zero-order valence-electron chi connectivity index (χ0n) is 11.2. The van der Waals surface area contributed by atoms with Gasteiger partial charge in [-0.25, -0.2) is 4.39 Å². The Morgan fingerprint density at radius 3 is 2.90 bits per heavy atom. The van der Waals surface area contributed by atoms with E-state index >= 15 is 0 Å². The lowest BCUT2D eigenvalue weighted by Gasteiger charge is -2.18. The summed E-state index contributed by atoms with van der Waals surface area (Å²) in [6.07, 6.45) is 0. The fourth-order valence-electron chi connectivity index (χ4n) is 2.43. The first-order valence-electron chi connectivity index (χ1n) is 6.57. The van der Waals surface area contributed by atoms with E-state index in [1.807, 2.05) is 36.1 Å². The molecule has 3 rings (SSSR count). The van der Waals surface area contributed by atoms with Gasteiger partial charge in [-0.1, -0.05) is 12.1 Å². The van der Waals surface area contributed by atoms with Crippen molar-refractivity contribution >= 4 is 11.5 Å². The summed E-state index contributed by atoms with van der Waals surface area (Å²) in [5.74, 6) is 0.798. The molecule has 1 aliphatic rings. The molecule has 1 heterocycles. The van der Waals surface area contributed by atoms with Gasteiger partial charge in [0.1, 0.15) is 17.4 Å². The van der Waals surface area contributed by atoms with Crippen molar-refractivity contribution in [2.45, 2.75) is 13.5 Å². The third-order valence-electron chi connectivity index (χ3n) is 3.37. The highest BCUT2D eigenvalue weighted by Gasteiger charge is 2.25. The van der Waals surface area contributed by atoms with E-state index in [0.717, 1.165) is 17.0 Å². The lowest BCUT2D eigenvalue weighted by atomic mass is 10.1. The molecule has 0 amide bonds. The number of hydrogen-bond acceptors (Lipinski definition) is 2. The second-order valence-electron chi connectivity index (χ2n) is 4.67. The molecule has 0 aliphatic carbocycles. The summed E-state index contributed by atoms with van der Waals surface area (Å²) in [6.45, 7) is 3.12. The molecular formula is C16H15FN2O. The van der Waals surface area contributed by atoms with Gasteiger partial charge in [0.05, 0.1) is 13.2 Å². The molecular weight excluding hydrogens is 255 g/mol. The van der Waals surface area contributed by atoms with Gasteiger partial charge in [0, 0.05) is 17.3 Å². The Balaban J connectivity index is 1.94. The van der Waals surface area contributed by atoms with Crippen LogP contribution in [0.5, 0.6) is 5.75 Å². The highest BCUT2D eigenvalue weighted by atomic mass is 19.1. The van der Waals surface area contributed by atoms with Crippen molar-refractivity contribution in [1.82, 2.24) is 0 Å². The summed E-state index contributed by atoms with van der Waals surface area (Å²) in [5, 5.41) is 8.21. The van der Waals surface area contributed by atoms with E-state index in [1.54, 1.807) is 6.07 Å². The number of benzene rings is 2. The summed E-state index contributed by atoms with van der Waals surface area (Å²) < 4.78 is 18.8. The zero-order chi connectivity index (χ0) is 14.1. The minimum absolute atomic E-state index is 0.307. The van der Waals surface area contributed by atoms with Gasteiger partial charge in [-0.05, 0) is 36.8 Å². The monoisotopic (exact) mass is 270 g/mol. The third-order valence-corrected chi connectivity index (χ3v) is 3.37. The van der Waals surface area contributed by atoms with Gasteiger partial charge in [-0.15, -0.1) is 0 Å². The van der Waals surface area contributed by atoms with Gasteiger partial charge in [0.15, 0.2) is 0 Å². The van der Waals surface area contributed by atoms with E-state index in [2.05, 4.69) is 0 Å². The Bertz CT molecular complexity index is 669. The van der Waals surface area contributed by atoms with Crippen molar-refractivity contribution in [1.29, 1.82) is 5.41 Å². The second kappa shape index (κ2) is 4.96. The van der Waals surface area contributed by atoms with Crippen LogP contribution in [0.3, 0.4) is 0 Å². The van der Waals surface area contributed by atoms with Gasteiger partial charge >= 0.3 is 0 Å². The number of amidine groups is 1. The molecule has 0 fully saturated rings. The maximum absolute atomic E-state index is 13.3. The third kappa shape index (κ3) is 2.13. The minimum atomic E-state index is -0.307. The van der Waals surface area contributed by atoms with Crippen molar-refractivity contribution in [3.63, 3.8) is 0 Å². The van der Waals surface area contributed by atoms with Gasteiger partial charge in [0.25, 0.3) is 0 Å². The van der Waals surface area contributed by atoms with Crippen LogP contribution in [0, 0.1) is 11.2 Å². The molecule has 0 saturated heterocycles. The topological polar surface area (TPSA) is 36.3 Å². The number of halogens is 1. The van der Waals surface area contributed by atoms with Gasteiger partial charge in [0.2, 0.25) is 0 Å². The van der Waals surface area contributed by atoms with E-state index in [0.29, 0.717) is 24.6 Å². The maximum atomic E-state index is 13.3. The molecule has 0 aromatic heterocycles. The fraction of sp³-hybridized carbons (Fsp3) is 0.188. The Labute approximate surface area is 117 Å². The number of rotatable bonds is 3. The quantitative estimate of drug-likeness (QED) is 0.925. The normalized spacial score (nSPS) is 13.5. The smallest absolute Gasteiger partial charge is 0.133 e. The largest absolute Gasteiger partial charge is 0.494 e. The Kier molecular flexibility index (Phi) is 3.14. The molecule has 4 heteroatoms. The van der Waals surface area contributed by atoms with E-state index in [9.17, 15) is 4.39 Å². The van der Waals surface area contributed by atoms with Crippen LogP contribution >= 0.6 is 0 Å². The average molecular weight is 270 g/mol. The van der Waals surface area contributed by atoms with Crippen LogP contribution in [0.4, 0.5) is 10.1 Å². The molecule has 0 unspecified atom stereocenters.